The Balaban J connectivity index is 1.80. The van der Waals surface area contributed by atoms with E-state index in [9.17, 15) is 4.79 Å². The summed E-state index contributed by atoms with van der Waals surface area (Å²) >= 11 is 0. The standard InChI is InChI=1S/C16H20N6O3/c1-16(2,3)25-15(23)18-7-9-5-6-10(24-9)12-11-13(17)19-8-20-14(11)22(4)21-12/h5-6,8H,7H2,1-4H3,(H,18,23)(H2,17,19,20). The van der Waals surface area contributed by atoms with E-state index in [0.29, 0.717) is 34.1 Å². The molecule has 3 N–H and O–H groups in total. The molecular weight excluding hydrogens is 324 g/mol. The van der Waals surface area contributed by atoms with E-state index in [1.807, 2.05) is 0 Å². The molecular formula is C16H20N6O3. The van der Waals surface area contributed by atoms with Crippen LogP contribution in [0.2, 0.25) is 0 Å². The number of anilines is 1. The molecule has 0 spiro atoms. The number of nitrogen functional groups attached to an aromatic ring is 1. The highest BCUT2D eigenvalue weighted by molar-refractivity contribution is 5.97. The van der Waals surface area contributed by atoms with Crippen molar-refractivity contribution in [3.05, 3.63) is 24.2 Å². The summed E-state index contributed by atoms with van der Waals surface area (Å²) in [6.07, 6.45) is 0.882. The third-order valence-electron chi connectivity index (χ3n) is 3.35. The summed E-state index contributed by atoms with van der Waals surface area (Å²) in [6, 6.07) is 3.52. The molecule has 0 aliphatic rings. The molecule has 0 bridgehead atoms. The molecule has 0 aliphatic carbocycles. The Kier molecular flexibility index (Phi) is 4.07. The van der Waals surface area contributed by atoms with E-state index in [1.165, 1.54) is 6.33 Å². The second kappa shape index (κ2) is 6.08. The zero-order chi connectivity index (χ0) is 18.2. The Morgan fingerprint density at radius 1 is 1.36 bits per heavy atom. The maximum absolute atomic E-state index is 11.7. The van der Waals surface area contributed by atoms with Crippen LogP contribution in [0, 0.1) is 0 Å². The summed E-state index contributed by atoms with van der Waals surface area (Å²) in [5.74, 6) is 1.42. The molecule has 132 valence electrons. The monoisotopic (exact) mass is 344 g/mol. The van der Waals surface area contributed by atoms with Gasteiger partial charge in [0.15, 0.2) is 11.4 Å². The first-order valence-electron chi connectivity index (χ1n) is 7.74. The summed E-state index contributed by atoms with van der Waals surface area (Å²) in [4.78, 5) is 19.9. The average Bonchev–Trinajstić information content (AvgIpc) is 3.09. The summed E-state index contributed by atoms with van der Waals surface area (Å²) in [5, 5.41) is 7.68. The zero-order valence-corrected chi connectivity index (χ0v) is 14.5. The van der Waals surface area contributed by atoms with Gasteiger partial charge in [0, 0.05) is 7.05 Å². The smallest absolute Gasteiger partial charge is 0.408 e. The van der Waals surface area contributed by atoms with Crippen molar-refractivity contribution in [2.75, 3.05) is 5.73 Å². The fourth-order valence-electron chi connectivity index (χ4n) is 2.36. The molecule has 0 unspecified atom stereocenters. The van der Waals surface area contributed by atoms with Crippen LogP contribution in [0.15, 0.2) is 22.9 Å². The predicted octanol–water partition coefficient (Wildman–Crippen LogP) is 2.23. The van der Waals surface area contributed by atoms with Gasteiger partial charge in [-0.15, -0.1) is 0 Å². The van der Waals surface area contributed by atoms with Gasteiger partial charge in [-0.05, 0) is 32.9 Å². The molecule has 0 saturated heterocycles. The van der Waals surface area contributed by atoms with Crippen molar-refractivity contribution in [2.24, 2.45) is 7.05 Å². The van der Waals surface area contributed by atoms with Crippen LogP contribution in [0.5, 0.6) is 0 Å². The van der Waals surface area contributed by atoms with Gasteiger partial charge < -0.3 is 20.2 Å². The molecule has 0 atom stereocenters. The molecule has 3 heterocycles. The van der Waals surface area contributed by atoms with Gasteiger partial charge >= 0.3 is 6.09 Å². The van der Waals surface area contributed by atoms with Crippen molar-refractivity contribution in [3.8, 4) is 11.5 Å². The molecule has 0 radical (unpaired) electrons. The zero-order valence-electron chi connectivity index (χ0n) is 14.5. The van der Waals surface area contributed by atoms with Gasteiger partial charge in [0.05, 0.1) is 11.9 Å². The van der Waals surface area contributed by atoms with Gasteiger partial charge in [-0.1, -0.05) is 0 Å². The number of fused-ring (bicyclic) bond motifs is 1. The molecule has 0 aliphatic heterocycles. The number of nitrogens with zero attached hydrogens (tertiary/aromatic N) is 4. The summed E-state index contributed by atoms with van der Waals surface area (Å²) in [5.41, 5.74) is 6.57. The van der Waals surface area contributed by atoms with Crippen molar-refractivity contribution < 1.29 is 13.9 Å². The van der Waals surface area contributed by atoms with Crippen LogP contribution >= 0.6 is 0 Å². The number of alkyl carbamates (subject to hydrolysis) is 1. The first kappa shape index (κ1) is 16.7. The van der Waals surface area contributed by atoms with Crippen LogP contribution < -0.4 is 11.1 Å². The van der Waals surface area contributed by atoms with Gasteiger partial charge in [-0.3, -0.25) is 0 Å². The number of rotatable bonds is 3. The summed E-state index contributed by atoms with van der Waals surface area (Å²) < 4.78 is 12.6. The number of nitrogens with one attached hydrogen (secondary N) is 1. The van der Waals surface area contributed by atoms with Gasteiger partial charge in [-0.25, -0.2) is 19.4 Å². The van der Waals surface area contributed by atoms with E-state index in [-0.39, 0.29) is 6.54 Å². The molecule has 1 amide bonds. The number of aromatic nitrogens is 4. The molecule has 0 saturated carbocycles. The first-order valence-corrected chi connectivity index (χ1v) is 7.74. The number of aryl methyl sites for hydroxylation is 1. The first-order chi connectivity index (χ1) is 11.7. The van der Waals surface area contributed by atoms with Crippen LogP contribution in [0.25, 0.3) is 22.5 Å². The van der Waals surface area contributed by atoms with E-state index in [0.717, 1.165) is 0 Å². The minimum Gasteiger partial charge on any atom is -0.457 e. The van der Waals surface area contributed by atoms with E-state index in [2.05, 4.69) is 20.4 Å². The van der Waals surface area contributed by atoms with Gasteiger partial charge in [-0.2, -0.15) is 5.10 Å². The summed E-state index contributed by atoms with van der Waals surface area (Å²) in [7, 11) is 1.77. The van der Waals surface area contributed by atoms with Crippen molar-refractivity contribution in [3.63, 3.8) is 0 Å². The third kappa shape index (κ3) is 3.54. The third-order valence-corrected chi connectivity index (χ3v) is 3.35. The second-order valence-corrected chi connectivity index (χ2v) is 6.55. The van der Waals surface area contributed by atoms with Crippen LogP contribution in [0.1, 0.15) is 26.5 Å². The SMILES string of the molecule is Cn1nc(-c2ccc(CNC(=O)OC(C)(C)C)o2)c2c(N)ncnc21. The largest absolute Gasteiger partial charge is 0.457 e. The number of nitrogens with two attached hydrogens (primary N) is 1. The van der Waals surface area contributed by atoms with Crippen molar-refractivity contribution in [1.29, 1.82) is 0 Å². The van der Waals surface area contributed by atoms with E-state index < -0.39 is 11.7 Å². The Morgan fingerprint density at radius 2 is 2.12 bits per heavy atom. The topological polar surface area (TPSA) is 121 Å². The van der Waals surface area contributed by atoms with Crippen LogP contribution in [-0.2, 0) is 18.3 Å². The summed E-state index contributed by atoms with van der Waals surface area (Å²) in [6.45, 7) is 5.61. The van der Waals surface area contributed by atoms with E-state index in [1.54, 1.807) is 44.6 Å². The molecule has 3 aromatic heterocycles. The normalized spacial score (nSPS) is 11.7. The van der Waals surface area contributed by atoms with Crippen LogP contribution in [0.3, 0.4) is 0 Å². The average molecular weight is 344 g/mol. The lowest BCUT2D eigenvalue weighted by atomic mass is 10.2. The second-order valence-electron chi connectivity index (χ2n) is 6.55. The van der Waals surface area contributed by atoms with Gasteiger partial charge in [0.1, 0.15) is 29.2 Å². The van der Waals surface area contributed by atoms with Crippen molar-refractivity contribution >= 4 is 22.9 Å². The minimum atomic E-state index is -0.553. The number of amides is 1. The molecule has 3 rings (SSSR count). The fourth-order valence-corrected chi connectivity index (χ4v) is 2.36. The van der Waals surface area contributed by atoms with Crippen LogP contribution in [0.4, 0.5) is 10.6 Å². The Hall–Kier alpha value is -3.10. The highest BCUT2D eigenvalue weighted by atomic mass is 16.6. The molecule has 3 aromatic rings. The Labute approximate surface area is 144 Å². The van der Waals surface area contributed by atoms with Crippen LogP contribution in [-0.4, -0.2) is 31.4 Å². The lowest BCUT2D eigenvalue weighted by Gasteiger charge is -2.19. The molecule has 0 fully saturated rings. The molecule has 0 aromatic carbocycles. The number of furan rings is 1. The number of hydrogen-bond donors (Lipinski definition) is 2. The van der Waals surface area contributed by atoms with E-state index >= 15 is 0 Å². The maximum atomic E-state index is 11.7. The lowest BCUT2D eigenvalue weighted by molar-refractivity contribution is 0.0520. The molecule has 9 heteroatoms. The van der Waals surface area contributed by atoms with Crippen molar-refractivity contribution in [1.82, 2.24) is 25.1 Å². The highest BCUT2D eigenvalue weighted by Crippen LogP contribution is 2.30. The number of ether oxygens (including phenoxy) is 1. The quantitative estimate of drug-likeness (QED) is 0.747. The Bertz CT molecular complexity index is 922. The van der Waals surface area contributed by atoms with E-state index in [4.69, 9.17) is 14.9 Å². The van der Waals surface area contributed by atoms with Gasteiger partial charge in [0.2, 0.25) is 0 Å². The number of carbonyl (C=O) groups is 1. The predicted molar refractivity (Wildman–Crippen MR) is 91.5 cm³/mol. The van der Waals surface area contributed by atoms with Gasteiger partial charge in [0.25, 0.3) is 0 Å². The lowest BCUT2D eigenvalue weighted by Crippen LogP contribution is -2.32. The fraction of sp³-hybridized carbons (Fsp3) is 0.375. The number of carbonyl (C=O) groups excluding carboxylic acids is 1. The molecule has 25 heavy (non-hydrogen) atoms. The maximum Gasteiger partial charge on any atom is 0.408 e. The minimum absolute atomic E-state index is 0.200. The Morgan fingerprint density at radius 3 is 2.84 bits per heavy atom. The number of hydrogen-bond acceptors (Lipinski definition) is 7. The van der Waals surface area contributed by atoms with Crippen molar-refractivity contribution in [2.45, 2.75) is 32.9 Å². The molecule has 9 nitrogen and oxygen atoms in total. The highest BCUT2D eigenvalue weighted by Gasteiger charge is 2.19.